The summed E-state index contributed by atoms with van der Waals surface area (Å²) in [5.74, 6) is 0.688. The van der Waals surface area contributed by atoms with Gasteiger partial charge < -0.3 is 0 Å². The molecule has 0 radical (unpaired) electrons. The van der Waals surface area contributed by atoms with E-state index in [9.17, 15) is 0 Å². The molecule has 0 fully saturated rings. The highest BCUT2D eigenvalue weighted by Crippen LogP contribution is 2.25. The molecule has 0 saturated heterocycles. The van der Waals surface area contributed by atoms with Crippen LogP contribution in [0.15, 0.2) is 3.79 Å². The van der Waals surface area contributed by atoms with Crippen LogP contribution in [0.1, 0.15) is 24.5 Å². The first-order chi connectivity index (χ1) is 5.09. The van der Waals surface area contributed by atoms with Crippen LogP contribution in [0.25, 0.3) is 0 Å². The first-order valence-corrected chi connectivity index (χ1v) is 5.32. The van der Waals surface area contributed by atoms with Crippen LogP contribution in [-0.4, -0.2) is 4.98 Å². The maximum Gasteiger partial charge on any atom is 0.0931 e. The molecule has 62 valence electrons. The zero-order valence-electron chi connectivity index (χ0n) is 7.02. The van der Waals surface area contributed by atoms with E-state index in [2.05, 4.69) is 34.8 Å². The predicted octanol–water partition coefficient (Wildman–Crippen LogP) is 3.41. The van der Waals surface area contributed by atoms with Crippen molar-refractivity contribution in [2.45, 2.75) is 27.2 Å². The Morgan fingerprint density at radius 3 is 2.55 bits per heavy atom. The van der Waals surface area contributed by atoms with E-state index in [1.807, 2.05) is 6.92 Å². The van der Waals surface area contributed by atoms with Gasteiger partial charge in [-0.05, 0) is 35.2 Å². The molecule has 0 aromatic carbocycles. The second-order valence-corrected chi connectivity index (χ2v) is 5.57. The third-order valence-electron chi connectivity index (χ3n) is 1.36. The Hall–Kier alpha value is 0.110. The van der Waals surface area contributed by atoms with E-state index in [4.69, 9.17) is 0 Å². The number of halogens is 1. The SMILES string of the molecule is Cc1nc(CC(C)C)c(Br)s1. The number of hydrogen-bond acceptors (Lipinski definition) is 2. The summed E-state index contributed by atoms with van der Waals surface area (Å²) in [5, 5.41) is 1.15. The lowest BCUT2D eigenvalue weighted by atomic mass is 10.1. The lowest BCUT2D eigenvalue weighted by Gasteiger charge is -1.99. The molecule has 0 unspecified atom stereocenters. The van der Waals surface area contributed by atoms with Crippen LogP contribution < -0.4 is 0 Å². The fourth-order valence-corrected chi connectivity index (χ4v) is 2.57. The van der Waals surface area contributed by atoms with Gasteiger partial charge in [0.2, 0.25) is 0 Å². The fraction of sp³-hybridized carbons (Fsp3) is 0.625. The van der Waals surface area contributed by atoms with Gasteiger partial charge in [0.15, 0.2) is 0 Å². The molecule has 1 rings (SSSR count). The van der Waals surface area contributed by atoms with Crippen LogP contribution in [0.5, 0.6) is 0 Å². The summed E-state index contributed by atoms with van der Waals surface area (Å²) < 4.78 is 1.20. The normalized spacial score (nSPS) is 11.0. The van der Waals surface area contributed by atoms with E-state index < -0.39 is 0 Å². The molecule has 0 N–H and O–H groups in total. The van der Waals surface area contributed by atoms with Crippen molar-refractivity contribution in [3.63, 3.8) is 0 Å². The molecule has 1 aromatic heterocycles. The molecule has 0 aliphatic rings. The summed E-state index contributed by atoms with van der Waals surface area (Å²) >= 11 is 5.22. The molecule has 0 bridgehead atoms. The molecular formula is C8H12BrNS. The van der Waals surface area contributed by atoms with E-state index in [0.717, 1.165) is 11.4 Å². The van der Waals surface area contributed by atoms with Crippen molar-refractivity contribution in [2.75, 3.05) is 0 Å². The van der Waals surface area contributed by atoms with E-state index in [1.165, 1.54) is 9.48 Å². The number of thiazole rings is 1. The molecule has 0 aliphatic heterocycles. The van der Waals surface area contributed by atoms with Crippen molar-refractivity contribution < 1.29 is 0 Å². The topological polar surface area (TPSA) is 12.9 Å². The summed E-state index contributed by atoms with van der Waals surface area (Å²) in [5.41, 5.74) is 1.21. The van der Waals surface area contributed by atoms with Gasteiger partial charge in [-0.3, -0.25) is 0 Å². The quantitative estimate of drug-likeness (QED) is 0.764. The number of aromatic nitrogens is 1. The highest BCUT2D eigenvalue weighted by atomic mass is 79.9. The Labute approximate surface area is 80.0 Å². The van der Waals surface area contributed by atoms with Gasteiger partial charge in [-0.1, -0.05) is 13.8 Å². The second kappa shape index (κ2) is 3.68. The van der Waals surface area contributed by atoms with Gasteiger partial charge in [-0.2, -0.15) is 0 Å². The van der Waals surface area contributed by atoms with Gasteiger partial charge in [-0.25, -0.2) is 4.98 Å². The molecule has 1 heterocycles. The molecule has 11 heavy (non-hydrogen) atoms. The Balaban J connectivity index is 2.77. The van der Waals surface area contributed by atoms with E-state index in [0.29, 0.717) is 5.92 Å². The number of rotatable bonds is 2. The van der Waals surface area contributed by atoms with Gasteiger partial charge in [0, 0.05) is 0 Å². The van der Waals surface area contributed by atoms with Crippen molar-refractivity contribution >= 4 is 27.3 Å². The molecular weight excluding hydrogens is 222 g/mol. The molecule has 0 amide bonds. The largest absolute Gasteiger partial charge is 0.245 e. The minimum absolute atomic E-state index is 0.688. The standard InChI is InChI=1S/C8H12BrNS/c1-5(2)4-7-8(9)11-6(3)10-7/h5H,4H2,1-3H3. The molecule has 0 saturated carbocycles. The Bertz CT molecular complexity index is 242. The van der Waals surface area contributed by atoms with Crippen LogP contribution in [0.4, 0.5) is 0 Å². The molecule has 1 aromatic rings. The highest BCUT2D eigenvalue weighted by Gasteiger charge is 2.07. The highest BCUT2D eigenvalue weighted by molar-refractivity contribution is 9.11. The van der Waals surface area contributed by atoms with Crippen molar-refractivity contribution in [2.24, 2.45) is 5.92 Å². The van der Waals surface area contributed by atoms with Crippen LogP contribution in [0, 0.1) is 12.8 Å². The Morgan fingerprint density at radius 2 is 2.18 bits per heavy atom. The molecule has 0 aliphatic carbocycles. The molecule has 0 atom stereocenters. The lowest BCUT2D eigenvalue weighted by Crippen LogP contribution is -1.94. The third kappa shape index (κ3) is 2.56. The van der Waals surface area contributed by atoms with Crippen molar-refractivity contribution in [3.8, 4) is 0 Å². The first kappa shape index (κ1) is 9.20. The number of nitrogens with zero attached hydrogens (tertiary/aromatic N) is 1. The Morgan fingerprint density at radius 1 is 1.55 bits per heavy atom. The summed E-state index contributed by atoms with van der Waals surface area (Å²) in [4.78, 5) is 4.42. The van der Waals surface area contributed by atoms with E-state index >= 15 is 0 Å². The van der Waals surface area contributed by atoms with Gasteiger partial charge in [0.1, 0.15) is 0 Å². The van der Waals surface area contributed by atoms with Gasteiger partial charge in [0.25, 0.3) is 0 Å². The van der Waals surface area contributed by atoms with Crippen molar-refractivity contribution in [3.05, 3.63) is 14.5 Å². The summed E-state index contributed by atoms with van der Waals surface area (Å²) in [6.45, 7) is 6.46. The summed E-state index contributed by atoms with van der Waals surface area (Å²) in [6, 6.07) is 0. The number of aryl methyl sites for hydroxylation is 1. The van der Waals surface area contributed by atoms with Crippen LogP contribution in [0.2, 0.25) is 0 Å². The number of hydrogen-bond donors (Lipinski definition) is 0. The van der Waals surface area contributed by atoms with Crippen molar-refractivity contribution in [1.82, 2.24) is 4.98 Å². The van der Waals surface area contributed by atoms with E-state index in [-0.39, 0.29) is 0 Å². The Kier molecular flexibility index (Phi) is 3.07. The molecule has 0 spiro atoms. The minimum Gasteiger partial charge on any atom is -0.245 e. The van der Waals surface area contributed by atoms with Crippen LogP contribution in [-0.2, 0) is 6.42 Å². The van der Waals surface area contributed by atoms with E-state index in [1.54, 1.807) is 11.3 Å². The third-order valence-corrected chi connectivity index (χ3v) is 3.10. The summed E-state index contributed by atoms with van der Waals surface area (Å²) in [7, 11) is 0. The van der Waals surface area contributed by atoms with Crippen LogP contribution >= 0.6 is 27.3 Å². The monoisotopic (exact) mass is 233 g/mol. The fourth-order valence-electron chi connectivity index (χ4n) is 0.958. The van der Waals surface area contributed by atoms with Crippen molar-refractivity contribution in [1.29, 1.82) is 0 Å². The first-order valence-electron chi connectivity index (χ1n) is 3.71. The lowest BCUT2D eigenvalue weighted by molar-refractivity contribution is 0.635. The smallest absolute Gasteiger partial charge is 0.0931 e. The van der Waals surface area contributed by atoms with Gasteiger partial charge >= 0.3 is 0 Å². The molecule has 1 nitrogen and oxygen atoms in total. The minimum atomic E-state index is 0.688. The van der Waals surface area contributed by atoms with Gasteiger partial charge in [-0.15, -0.1) is 11.3 Å². The zero-order valence-corrected chi connectivity index (χ0v) is 9.42. The summed E-state index contributed by atoms with van der Waals surface area (Å²) in [6.07, 6.45) is 1.07. The maximum atomic E-state index is 4.42. The zero-order chi connectivity index (χ0) is 8.43. The maximum absolute atomic E-state index is 4.42. The van der Waals surface area contributed by atoms with Gasteiger partial charge in [0.05, 0.1) is 14.5 Å². The predicted molar refractivity (Wildman–Crippen MR) is 53.1 cm³/mol. The molecule has 3 heteroatoms. The van der Waals surface area contributed by atoms with Crippen LogP contribution in [0.3, 0.4) is 0 Å². The average molecular weight is 234 g/mol. The second-order valence-electron chi connectivity index (χ2n) is 3.05. The average Bonchev–Trinajstić information content (AvgIpc) is 2.09.